The highest BCUT2D eigenvalue weighted by Gasteiger charge is 2.53. The lowest BCUT2D eigenvalue weighted by molar-refractivity contribution is -0.0556. The first-order chi connectivity index (χ1) is 21.3. The Morgan fingerprint density at radius 2 is 1.78 bits per heavy atom. The molecule has 3 fully saturated rings. The predicted molar refractivity (Wildman–Crippen MR) is 153 cm³/mol. The molecule has 4 aromatic rings. The first kappa shape index (κ1) is 30.9. The summed E-state index contributed by atoms with van der Waals surface area (Å²) < 4.78 is 93.7. The van der Waals surface area contributed by atoms with Crippen molar-refractivity contribution in [3.63, 3.8) is 0 Å². The van der Waals surface area contributed by atoms with Gasteiger partial charge in [0.25, 0.3) is 20.6 Å². The van der Waals surface area contributed by atoms with Crippen LogP contribution in [-0.4, -0.2) is 96.6 Å². The fourth-order valence-electron chi connectivity index (χ4n) is 5.50. The fraction of sp³-hybridized carbons (Fsp3) is 0.476. The molecule has 18 nitrogen and oxygen atoms in total. The zero-order valence-electron chi connectivity index (χ0n) is 22.8. The Bertz CT molecular complexity index is 1950. The Morgan fingerprint density at radius 3 is 2.58 bits per heavy atom. The highest BCUT2D eigenvalue weighted by atomic mass is 32.7. The molecule has 10 atom stereocenters. The lowest BCUT2D eigenvalue weighted by Gasteiger charge is -2.29. The van der Waals surface area contributed by atoms with E-state index in [1.54, 1.807) is 0 Å². The SMILES string of the molecule is BP1(=O)OC[C@H]2O[C@@H](n3cnc4c(N)ncnc43)C(F)C2OP(=O)(S)OC[C@H]2O[C@@H](n3cc(F)c4c(=O)[nH]cnc43)C(O)C2O1. The third kappa shape index (κ3) is 5.42. The van der Waals surface area contributed by atoms with E-state index in [9.17, 15) is 23.4 Å². The minimum atomic E-state index is -4.40. The number of thiol groups is 1. The second-order valence-electron chi connectivity index (χ2n) is 10.4. The monoisotopic (exact) mass is 690 g/mol. The first-order valence-corrected chi connectivity index (χ1v) is 17.9. The second-order valence-corrected chi connectivity index (χ2v) is 15.3. The molecule has 0 radical (unpaired) electrons. The van der Waals surface area contributed by atoms with Crippen LogP contribution in [0.4, 0.5) is 14.6 Å². The summed E-state index contributed by atoms with van der Waals surface area (Å²) in [6.45, 7) is -5.64. The van der Waals surface area contributed by atoms with Crippen LogP contribution in [0.5, 0.6) is 0 Å². The van der Waals surface area contributed by atoms with Gasteiger partial charge in [0.05, 0.1) is 25.9 Å². The van der Waals surface area contributed by atoms with Gasteiger partial charge in [0, 0.05) is 6.20 Å². The summed E-state index contributed by atoms with van der Waals surface area (Å²) in [6, 6.07) is 0. The van der Waals surface area contributed by atoms with Gasteiger partial charge in [0.1, 0.15) is 47.8 Å². The minimum absolute atomic E-state index is 0.0489. The molecule has 45 heavy (non-hydrogen) atoms. The van der Waals surface area contributed by atoms with E-state index < -0.39 is 88.0 Å². The number of nitrogens with two attached hydrogens (primary N) is 1. The number of nitrogen functional groups attached to an aromatic ring is 1. The van der Waals surface area contributed by atoms with Crippen LogP contribution in [0.25, 0.3) is 22.2 Å². The number of aliphatic hydroxyl groups excluding tert-OH is 1. The van der Waals surface area contributed by atoms with E-state index in [4.69, 9.17) is 33.3 Å². The van der Waals surface area contributed by atoms with Gasteiger partial charge >= 0.3 is 6.80 Å². The summed E-state index contributed by atoms with van der Waals surface area (Å²) in [5.74, 6) is -0.894. The van der Waals surface area contributed by atoms with Gasteiger partial charge in [-0.05, 0) is 0 Å². The average molecular weight is 690 g/mol. The summed E-state index contributed by atoms with van der Waals surface area (Å²) in [5, 5.41) is 10.8. The molecule has 3 aliphatic heterocycles. The molecule has 0 saturated carbocycles. The Kier molecular flexibility index (Phi) is 7.67. The van der Waals surface area contributed by atoms with E-state index in [1.165, 1.54) is 10.9 Å². The molecule has 0 aliphatic carbocycles. The lowest BCUT2D eigenvalue weighted by atomic mass is 10.1. The number of aromatic nitrogens is 7. The van der Waals surface area contributed by atoms with Gasteiger partial charge < -0.3 is 38.9 Å². The largest absolute Gasteiger partial charge is 0.386 e. The number of hydrogen-bond acceptors (Lipinski definition) is 15. The van der Waals surface area contributed by atoms with Gasteiger partial charge in [-0.2, -0.15) is 0 Å². The number of fused-ring (bicyclic) bond motifs is 4. The van der Waals surface area contributed by atoms with Crippen molar-refractivity contribution >= 4 is 62.1 Å². The van der Waals surface area contributed by atoms with E-state index in [0.29, 0.717) is 0 Å². The molecule has 0 amide bonds. The molecule has 4 aromatic heterocycles. The number of aliphatic hydroxyl groups is 1. The predicted octanol–water partition coefficient (Wildman–Crippen LogP) is 0.376. The number of anilines is 1. The highest BCUT2D eigenvalue weighted by molar-refractivity contribution is 8.44. The molecule has 7 heterocycles. The van der Waals surface area contributed by atoms with Gasteiger partial charge in [-0.15, -0.1) is 0 Å². The molecule has 0 aromatic carbocycles. The van der Waals surface area contributed by atoms with E-state index in [2.05, 4.69) is 37.2 Å². The molecule has 0 spiro atoms. The van der Waals surface area contributed by atoms with Crippen LogP contribution < -0.4 is 11.3 Å². The number of rotatable bonds is 2. The lowest BCUT2D eigenvalue weighted by Crippen LogP contribution is -2.38. The molecular weight excluding hydrogens is 667 g/mol. The van der Waals surface area contributed by atoms with Crippen molar-refractivity contribution in [1.82, 2.24) is 34.1 Å². The van der Waals surface area contributed by atoms with E-state index >= 15 is 4.39 Å². The molecule has 24 heteroatoms. The molecule has 240 valence electrons. The summed E-state index contributed by atoms with van der Waals surface area (Å²) in [5.41, 5.74) is 5.24. The number of nitrogens with one attached hydrogen (secondary N) is 1. The number of imidazole rings is 1. The van der Waals surface area contributed by atoms with Gasteiger partial charge in [-0.3, -0.25) is 23.0 Å². The molecule has 7 rings (SSSR count). The van der Waals surface area contributed by atoms with Gasteiger partial charge in [0.2, 0.25) is 0 Å². The zero-order valence-corrected chi connectivity index (χ0v) is 25.5. The van der Waals surface area contributed by atoms with Crippen molar-refractivity contribution in [3.8, 4) is 0 Å². The van der Waals surface area contributed by atoms with Crippen LogP contribution >= 0.6 is 26.5 Å². The molecule has 3 aliphatic rings. The first-order valence-electron chi connectivity index (χ1n) is 13.2. The van der Waals surface area contributed by atoms with E-state index in [1.807, 2.05) is 0 Å². The number of nitrogens with zero attached hydrogens (tertiary/aromatic N) is 6. The van der Waals surface area contributed by atoms with Gasteiger partial charge in [-0.1, -0.05) is 12.2 Å². The van der Waals surface area contributed by atoms with Crippen molar-refractivity contribution in [2.24, 2.45) is 0 Å². The number of halogens is 2. The maximum absolute atomic E-state index is 16.0. The van der Waals surface area contributed by atoms with Crippen molar-refractivity contribution in [2.45, 2.75) is 49.1 Å². The quantitative estimate of drug-likeness (QED) is 0.127. The summed E-state index contributed by atoms with van der Waals surface area (Å²) in [7, 11) is -2.99. The molecule has 6 unspecified atom stereocenters. The van der Waals surface area contributed by atoms with Gasteiger partial charge in [-0.25, -0.2) is 33.3 Å². The molecule has 0 bridgehead atoms. The van der Waals surface area contributed by atoms with Crippen molar-refractivity contribution in [3.05, 3.63) is 41.3 Å². The van der Waals surface area contributed by atoms with Crippen LogP contribution in [0.3, 0.4) is 0 Å². The Hall–Kier alpha value is -2.78. The molecular formula is C21H23BF2N8O10P2S. The summed E-state index contributed by atoms with van der Waals surface area (Å²) in [6.07, 6.45) is -7.96. The molecule has 3 saturated heterocycles. The summed E-state index contributed by atoms with van der Waals surface area (Å²) in [4.78, 5) is 30.4. The standard InChI is InChI=1S/C21H23BF2N8O10P2S/c22-43(35)37-2-8-14(11(24)20(39-8)32-6-30-12-16(25)26-4-28-18(12)32)42-44(36,45)38-3-9-15(41-43)13(33)21(40-9)31-1-7(23)10-17(31)27-5-29-19(10)34/h1,4-6,8-9,11,13-15,20-21,33H,2-3,22H2,(H,36,45)(H2,25,26,28)(H,27,29,34)/t8-,9-,11?,13?,14?,15?,20-,21-,43?,44?/m1/s1. The van der Waals surface area contributed by atoms with E-state index in [-0.39, 0.29) is 28.0 Å². The fourth-order valence-corrected chi connectivity index (χ4v) is 8.17. The number of alkyl halides is 1. The Labute approximate surface area is 256 Å². The van der Waals surface area contributed by atoms with Gasteiger partial charge in [0.15, 0.2) is 41.6 Å². The zero-order chi connectivity index (χ0) is 31.8. The van der Waals surface area contributed by atoms with Crippen LogP contribution in [0.1, 0.15) is 12.5 Å². The smallest absolute Gasteiger partial charge is 0.386 e. The number of H-pyrrole nitrogens is 1. The third-order valence-corrected chi connectivity index (χ3v) is 10.4. The van der Waals surface area contributed by atoms with Crippen molar-refractivity contribution < 1.29 is 50.6 Å². The highest BCUT2D eigenvalue weighted by Crippen LogP contribution is 2.58. The average Bonchev–Trinajstić information content (AvgIpc) is 3.71. The van der Waals surface area contributed by atoms with E-state index in [0.717, 1.165) is 31.0 Å². The second kappa shape index (κ2) is 11.2. The molecule has 4 N–H and O–H groups in total. The van der Waals surface area contributed by atoms with Crippen LogP contribution in [0.2, 0.25) is 0 Å². The topological polar surface area (TPSA) is 230 Å². The number of ether oxygens (including phenoxy) is 2. The maximum atomic E-state index is 16.0. The summed E-state index contributed by atoms with van der Waals surface area (Å²) >= 11 is 4.00. The van der Waals surface area contributed by atoms with Crippen LogP contribution in [0, 0.1) is 5.82 Å². The Morgan fingerprint density at radius 1 is 1.04 bits per heavy atom. The normalized spacial score (nSPS) is 37.7. The number of aromatic amines is 1. The number of hydrogen-bond donors (Lipinski definition) is 4. The minimum Gasteiger partial charge on any atom is -0.386 e. The van der Waals surface area contributed by atoms with Crippen molar-refractivity contribution in [1.29, 1.82) is 0 Å². The van der Waals surface area contributed by atoms with Crippen LogP contribution in [-0.2, 0) is 36.7 Å². The maximum Gasteiger partial charge on any atom is 0.386 e. The third-order valence-electron chi connectivity index (χ3n) is 7.52. The Balaban J connectivity index is 1.17. The van der Waals surface area contributed by atoms with Crippen LogP contribution in [0.15, 0.2) is 30.0 Å². The van der Waals surface area contributed by atoms with Crippen molar-refractivity contribution in [2.75, 3.05) is 18.9 Å².